The third-order valence-corrected chi connectivity index (χ3v) is 4.35. The van der Waals surface area contributed by atoms with E-state index in [-0.39, 0.29) is 0 Å². The number of nitrogens with one attached hydrogen (secondary N) is 1. The van der Waals surface area contributed by atoms with Crippen LogP contribution in [0.2, 0.25) is 5.02 Å². The summed E-state index contributed by atoms with van der Waals surface area (Å²) in [6.07, 6.45) is 4.35. The second-order valence-electron chi connectivity index (χ2n) is 4.86. The van der Waals surface area contributed by atoms with E-state index >= 15 is 0 Å². The Bertz CT molecular complexity index is 955. The summed E-state index contributed by atoms with van der Waals surface area (Å²) in [5.41, 5.74) is 1.62. The minimum atomic E-state index is -3.71. The van der Waals surface area contributed by atoms with Crippen molar-refractivity contribution in [3.05, 3.63) is 77.2 Å². The second-order valence-corrected chi connectivity index (χ2v) is 6.86. The largest absolute Gasteiger partial charge is 0.278 e. The Kier molecular flexibility index (Phi) is 4.64. The standard InChI is InChI=1S/C16H13ClN4O2S/c17-14-6-7-16(21-12-18-11-19-21)15(10-14)20-24(22,23)9-8-13-4-2-1-3-5-13/h1-12,20H. The van der Waals surface area contributed by atoms with Crippen molar-refractivity contribution < 1.29 is 8.42 Å². The molecule has 0 fully saturated rings. The van der Waals surface area contributed by atoms with Crippen molar-refractivity contribution in [3.63, 3.8) is 0 Å². The van der Waals surface area contributed by atoms with E-state index in [1.807, 2.05) is 30.3 Å². The van der Waals surface area contributed by atoms with Gasteiger partial charge in [0.2, 0.25) is 0 Å². The van der Waals surface area contributed by atoms with Crippen molar-refractivity contribution in [2.24, 2.45) is 0 Å². The van der Waals surface area contributed by atoms with Gasteiger partial charge in [-0.05, 0) is 29.8 Å². The van der Waals surface area contributed by atoms with Crippen molar-refractivity contribution in [2.75, 3.05) is 4.72 Å². The molecule has 0 aliphatic rings. The molecular formula is C16H13ClN4O2S. The van der Waals surface area contributed by atoms with Gasteiger partial charge in [-0.25, -0.2) is 18.1 Å². The molecule has 122 valence electrons. The van der Waals surface area contributed by atoms with Gasteiger partial charge < -0.3 is 0 Å². The molecule has 1 aromatic heterocycles. The number of halogens is 1. The second kappa shape index (κ2) is 6.86. The Hall–Kier alpha value is -2.64. The fourth-order valence-corrected chi connectivity index (χ4v) is 3.09. The summed E-state index contributed by atoms with van der Waals surface area (Å²) in [7, 11) is -3.71. The fraction of sp³-hybridized carbons (Fsp3) is 0. The Morgan fingerprint density at radius 2 is 1.92 bits per heavy atom. The molecule has 0 spiro atoms. The zero-order valence-corrected chi connectivity index (χ0v) is 13.9. The number of aromatic nitrogens is 3. The van der Waals surface area contributed by atoms with E-state index in [1.165, 1.54) is 29.5 Å². The molecule has 0 radical (unpaired) electrons. The summed E-state index contributed by atoms with van der Waals surface area (Å²) >= 11 is 5.98. The van der Waals surface area contributed by atoms with Crippen molar-refractivity contribution >= 4 is 33.4 Å². The van der Waals surface area contributed by atoms with Crippen LogP contribution in [0.1, 0.15) is 5.56 Å². The van der Waals surface area contributed by atoms with Crippen molar-refractivity contribution in [1.82, 2.24) is 14.8 Å². The first-order valence-corrected chi connectivity index (χ1v) is 8.86. The van der Waals surface area contributed by atoms with Gasteiger partial charge in [-0.15, -0.1) is 0 Å². The molecule has 1 N–H and O–H groups in total. The van der Waals surface area contributed by atoms with Gasteiger partial charge in [0.15, 0.2) is 0 Å². The van der Waals surface area contributed by atoms with Crippen molar-refractivity contribution in [3.8, 4) is 5.69 Å². The van der Waals surface area contributed by atoms with Crippen LogP contribution in [0, 0.1) is 0 Å². The summed E-state index contributed by atoms with van der Waals surface area (Å²) in [5.74, 6) is 0. The van der Waals surface area contributed by atoms with Gasteiger partial charge in [-0.1, -0.05) is 41.9 Å². The normalized spacial score (nSPS) is 11.7. The molecular weight excluding hydrogens is 348 g/mol. The number of benzene rings is 2. The summed E-state index contributed by atoms with van der Waals surface area (Å²) in [6.45, 7) is 0. The third-order valence-electron chi connectivity index (χ3n) is 3.12. The van der Waals surface area contributed by atoms with E-state index in [0.29, 0.717) is 16.4 Å². The highest BCUT2D eigenvalue weighted by Crippen LogP contribution is 2.25. The van der Waals surface area contributed by atoms with Crippen molar-refractivity contribution in [2.45, 2.75) is 0 Å². The number of sulfonamides is 1. The maximum absolute atomic E-state index is 12.3. The monoisotopic (exact) mass is 360 g/mol. The van der Waals surface area contributed by atoms with Crippen LogP contribution in [0.15, 0.2) is 66.6 Å². The van der Waals surface area contributed by atoms with Gasteiger partial charge in [0.25, 0.3) is 10.0 Å². The minimum absolute atomic E-state index is 0.311. The molecule has 0 aliphatic carbocycles. The average Bonchev–Trinajstić information content (AvgIpc) is 3.08. The Morgan fingerprint density at radius 3 is 2.62 bits per heavy atom. The van der Waals surface area contributed by atoms with Gasteiger partial charge >= 0.3 is 0 Å². The number of nitrogens with zero attached hydrogens (tertiary/aromatic N) is 3. The number of hydrogen-bond acceptors (Lipinski definition) is 4. The van der Waals surface area contributed by atoms with Gasteiger partial charge in [0, 0.05) is 5.02 Å². The summed E-state index contributed by atoms with van der Waals surface area (Å²) in [6, 6.07) is 14.0. The smallest absolute Gasteiger partial charge is 0.255 e. The number of rotatable bonds is 5. The maximum atomic E-state index is 12.3. The van der Waals surface area contributed by atoms with Gasteiger partial charge in [-0.3, -0.25) is 4.72 Å². The lowest BCUT2D eigenvalue weighted by molar-refractivity contribution is 0.609. The van der Waals surface area contributed by atoms with Crippen LogP contribution in [0.5, 0.6) is 0 Å². The first kappa shape index (κ1) is 16.2. The van der Waals surface area contributed by atoms with E-state index in [2.05, 4.69) is 14.8 Å². The van der Waals surface area contributed by atoms with E-state index in [4.69, 9.17) is 11.6 Å². The summed E-state index contributed by atoms with van der Waals surface area (Å²) < 4.78 is 28.6. The zero-order chi connectivity index (χ0) is 17.0. The highest BCUT2D eigenvalue weighted by Gasteiger charge is 2.12. The first-order valence-electron chi connectivity index (χ1n) is 6.94. The molecule has 8 heteroatoms. The number of hydrogen-bond donors (Lipinski definition) is 1. The SMILES string of the molecule is O=S(=O)(C=Cc1ccccc1)Nc1cc(Cl)ccc1-n1cncn1. The van der Waals surface area contributed by atoms with E-state index < -0.39 is 10.0 Å². The molecule has 0 unspecified atom stereocenters. The Balaban J connectivity index is 1.90. The van der Waals surface area contributed by atoms with Gasteiger partial charge in [0.1, 0.15) is 12.7 Å². The lowest BCUT2D eigenvalue weighted by atomic mass is 10.2. The average molecular weight is 361 g/mol. The molecule has 0 saturated heterocycles. The fourth-order valence-electron chi connectivity index (χ4n) is 2.04. The molecule has 0 bridgehead atoms. The van der Waals surface area contributed by atoms with Gasteiger partial charge in [0.05, 0.1) is 16.8 Å². The predicted octanol–water partition coefficient (Wildman–Crippen LogP) is 3.33. The lowest BCUT2D eigenvalue weighted by Crippen LogP contribution is -2.11. The molecule has 2 aromatic carbocycles. The highest BCUT2D eigenvalue weighted by molar-refractivity contribution is 7.95. The molecule has 0 saturated carbocycles. The first-order chi connectivity index (χ1) is 11.5. The molecule has 0 aliphatic heterocycles. The van der Waals surface area contributed by atoms with Crippen molar-refractivity contribution in [1.29, 1.82) is 0 Å². The third kappa shape index (κ3) is 4.01. The van der Waals surface area contributed by atoms with Crippen LogP contribution >= 0.6 is 11.6 Å². The van der Waals surface area contributed by atoms with E-state index in [1.54, 1.807) is 12.1 Å². The minimum Gasteiger partial charge on any atom is -0.278 e. The molecule has 3 rings (SSSR count). The van der Waals surface area contributed by atoms with E-state index in [9.17, 15) is 8.42 Å². The van der Waals surface area contributed by atoms with Crippen LogP contribution in [0.25, 0.3) is 11.8 Å². The van der Waals surface area contributed by atoms with Crippen LogP contribution in [0.4, 0.5) is 5.69 Å². The molecule has 3 aromatic rings. The molecule has 1 heterocycles. The van der Waals surface area contributed by atoms with Crippen LogP contribution in [-0.4, -0.2) is 23.2 Å². The zero-order valence-electron chi connectivity index (χ0n) is 12.4. The van der Waals surface area contributed by atoms with Crippen LogP contribution in [0.3, 0.4) is 0 Å². The molecule has 24 heavy (non-hydrogen) atoms. The highest BCUT2D eigenvalue weighted by atomic mass is 35.5. The Labute approximate surface area is 144 Å². The summed E-state index contributed by atoms with van der Waals surface area (Å²) in [4.78, 5) is 3.86. The number of anilines is 1. The quantitative estimate of drug-likeness (QED) is 0.757. The van der Waals surface area contributed by atoms with Crippen LogP contribution < -0.4 is 4.72 Å². The topological polar surface area (TPSA) is 76.9 Å². The maximum Gasteiger partial charge on any atom is 0.255 e. The van der Waals surface area contributed by atoms with Gasteiger partial charge in [-0.2, -0.15) is 5.10 Å². The predicted molar refractivity (Wildman–Crippen MR) is 94.4 cm³/mol. The van der Waals surface area contributed by atoms with E-state index in [0.717, 1.165) is 11.0 Å². The molecule has 0 atom stereocenters. The lowest BCUT2D eigenvalue weighted by Gasteiger charge is -2.11. The Morgan fingerprint density at radius 1 is 1.12 bits per heavy atom. The van der Waals surface area contributed by atoms with Crippen LogP contribution in [-0.2, 0) is 10.0 Å². The summed E-state index contributed by atoms with van der Waals surface area (Å²) in [5, 5.41) is 5.52. The molecule has 0 amide bonds. The molecule has 6 nitrogen and oxygen atoms in total.